The number of nitrogens with one attached hydrogen (secondary N) is 2. The number of hydrogen-bond donors (Lipinski definition) is 2. The van der Waals surface area contributed by atoms with E-state index in [0.717, 1.165) is 33.5 Å². The van der Waals surface area contributed by atoms with Crippen LogP contribution in [-0.4, -0.2) is 27.6 Å². The van der Waals surface area contributed by atoms with E-state index in [2.05, 4.69) is 29.1 Å². The number of carbonyl (C=O) groups excluding carboxylic acids is 1. The van der Waals surface area contributed by atoms with Gasteiger partial charge in [-0.3, -0.25) is 4.79 Å². The zero-order valence-electron chi connectivity index (χ0n) is 16.3. The maximum Gasteiger partial charge on any atom is 0.240 e. The predicted octanol–water partition coefficient (Wildman–Crippen LogP) is 4.04. The van der Waals surface area contributed by atoms with Gasteiger partial charge in [-0.05, 0) is 36.2 Å². The Balaban J connectivity index is 1.56. The van der Waals surface area contributed by atoms with Crippen molar-refractivity contribution in [3.05, 3.63) is 60.6 Å². The number of aromatic nitrogens is 3. The Morgan fingerprint density at radius 2 is 2.00 bits per heavy atom. The molecule has 0 saturated carbocycles. The lowest BCUT2D eigenvalue weighted by Gasteiger charge is -2.20. The van der Waals surface area contributed by atoms with Gasteiger partial charge in [0, 0.05) is 11.6 Å². The number of hydrogen-bond acceptors (Lipinski definition) is 3. The van der Waals surface area contributed by atoms with E-state index >= 15 is 0 Å². The summed E-state index contributed by atoms with van der Waals surface area (Å²) < 4.78 is 7.34. The van der Waals surface area contributed by atoms with E-state index in [1.165, 1.54) is 0 Å². The Kier molecular flexibility index (Phi) is 4.77. The van der Waals surface area contributed by atoms with Gasteiger partial charge in [0.25, 0.3) is 0 Å². The number of imidazole rings is 1. The summed E-state index contributed by atoms with van der Waals surface area (Å²) in [6.07, 6.45) is 1.92. The van der Waals surface area contributed by atoms with Crippen molar-refractivity contribution >= 4 is 27.8 Å². The second-order valence-electron chi connectivity index (χ2n) is 7.27. The van der Waals surface area contributed by atoms with Crippen LogP contribution in [0.5, 0.6) is 5.75 Å². The van der Waals surface area contributed by atoms with Crippen LogP contribution < -0.4 is 10.1 Å². The third-order valence-electron chi connectivity index (χ3n) is 4.99. The second kappa shape index (κ2) is 7.38. The summed E-state index contributed by atoms with van der Waals surface area (Å²) in [4.78, 5) is 20.8. The molecule has 1 atom stereocenters. The first kappa shape index (κ1) is 18.1. The summed E-state index contributed by atoms with van der Waals surface area (Å²) >= 11 is 0. The van der Waals surface area contributed by atoms with Crippen molar-refractivity contribution < 1.29 is 9.53 Å². The van der Waals surface area contributed by atoms with Crippen LogP contribution in [0.25, 0.3) is 21.9 Å². The molecule has 1 amide bonds. The van der Waals surface area contributed by atoms with Gasteiger partial charge in [-0.25, -0.2) is 4.98 Å². The van der Waals surface area contributed by atoms with Crippen molar-refractivity contribution in [1.29, 1.82) is 0 Å². The molecule has 28 heavy (non-hydrogen) atoms. The van der Waals surface area contributed by atoms with Gasteiger partial charge in [0.15, 0.2) is 0 Å². The van der Waals surface area contributed by atoms with Gasteiger partial charge in [-0.2, -0.15) is 0 Å². The normalized spacial score (nSPS) is 12.6. The lowest BCUT2D eigenvalue weighted by molar-refractivity contribution is -0.122. The number of H-pyrrole nitrogens is 1. The zero-order chi connectivity index (χ0) is 19.7. The standard InChI is InChI=1S/C22H24N4O2/c1-14(2)21(22-23-16-7-4-5-8-17(16)24-22)25-20(27)13-26-12-11-15-18(26)9-6-10-19(15)28-3/h4-12,14,21H,13H2,1-3H3,(H,23,24)(H,25,27). The third-order valence-corrected chi connectivity index (χ3v) is 4.99. The minimum absolute atomic E-state index is 0.0560. The van der Waals surface area contributed by atoms with Crippen LogP contribution in [0.2, 0.25) is 0 Å². The van der Waals surface area contributed by atoms with Gasteiger partial charge >= 0.3 is 0 Å². The van der Waals surface area contributed by atoms with E-state index in [-0.39, 0.29) is 24.4 Å². The molecule has 2 aromatic heterocycles. The van der Waals surface area contributed by atoms with Gasteiger partial charge in [-0.15, -0.1) is 0 Å². The molecule has 2 N–H and O–H groups in total. The maximum absolute atomic E-state index is 12.8. The van der Waals surface area contributed by atoms with Crippen LogP contribution in [0.1, 0.15) is 25.7 Å². The monoisotopic (exact) mass is 376 g/mol. The van der Waals surface area contributed by atoms with Crippen molar-refractivity contribution in [2.24, 2.45) is 5.92 Å². The summed E-state index contributed by atoms with van der Waals surface area (Å²) in [5, 5.41) is 4.14. The van der Waals surface area contributed by atoms with Gasteiger partial charge in [0.2, 0.25) is 5.91 Å². The van der Waals surface area contributed by atoms with Crippen molar-refractivity contribution in [2.75, 3.05) is 7.11 Å². The maximum atomic E-state index is 12.8. The number of nitrogens with zero attached hydrogens (tertiary/aromatic N) is 2. The van der Waals surface area contributed by atoms with Gasteiger partial charge in [-0.1, -0.05) is 32.0 Å². The average molecular weight is 376 g/mol. The summed E-state index contributed by atoms with van der Waals surface area (Å²) in [6.45, 7) is 4.39. The Morgan fingerprint density at radius 3 is 2.75 bits per heavy atom. The van der Waals surface area contributed by atoms with Crippen molar-refractivity contribution in [1.82, 2.24) is 19.9 Å². The molecular formula is C22H24N4O2. The van der Waals surface area contributed by atoms with Gasteiger partial charge in [0.05, 0.1) is 29.7 Å². The molecule has 0 saturated heterocycles. The van der Waals surface area contributed by atoms with Crippen LogP contribution in [0.3, 0.4) is 0 Å². The second-order valence-corrected chi connectivity index (χ2v) is 7.27. The minimum Gasteiger partial charge on any atom is -0.496 e. The zero-order valence-corrected chi connectivity index (χ0v) is 16.3. The Bertz CT molecular complexity index is 1090. The average Bonchev–Trinajstić information content (AvgIpc) is 3.29. The fourth-order valence-corrected chi connectivity index (χ4v) is 3.56. The number of fused-ring (bicyclic) bond motifs is 2. The number of amides is 1. The molecule has 0 radical (unpaired) electrons. The molecule has 6 heteroatoms. The minimum atomic E-state index is -0.184. The topological polar surface area (TPSA) is 71.9 Å². The molecule has 0 bridgehead atoms. The van der Waals surface area contributed by atoms with Crippen LogP contribution in [-0.2, 0) is 11.3 Å². The highest BCUT2D eigenvalue weighted by atomic mass is 16.5. The molecule has 6 nitrogen and oxygen atoms in total. The van der Waals surface area contributed by atoms with Crippen LogP contribution in [0.15, 0.2) is 54.7 Å². The van der Waals surface area contributed by atoms with Crippen LogP contribution in [0, 0.1) is 5.92 Å². The molecule has 0 aliphatic rings. The molecular weight excluding hydrogens is 352 g/mol. The van der Waals surface area contributed by atoms with Crippen LogP contribution in [0.4, 0.5) is 0 Å². The quantitative estimate of drug-likeness (QED) is 0.533. The Hall–Kier alpha value is -3.28. The van der Waals surface area contributed by atoms with Gasteiger partial charge < -0.3 is 19.6 Å². The number of carbonyl (C=O) groups is 1. The number of aromatic amines is 1. The van der Waals surface area contributed by atoms with E-state index < -0.39 is 0 Å². The number of ether oxygens (including phenoxy) is 1. The molecule has 1 unspecified atom stereocenters. The summed E-state index contributed by atoms with van der Waals surface area (Å²) in [6, 6.07) is 15.5. The Labute approximate surface area is 163 Å². The highest BCUT2D eigenvalue weighted by Gasteiger charge is 2.22. The lowest BCUT2D eigenvalue weighted by atomic mass is 10.0. The first-order valence-electron chi connectivity index (χ1n) is 9.42. The largest absolute Gasteiger partial charge is 0.496 e. The molecule has 0 aliphatic carbocycles. The molecule has 0 spiro atoms. The molecule has 0 aliphatic heterocycles. The summed E-state index contributed by atoms with van der Waals surface area (Å²) in [5.41, 5.74) is 2.85. The van der Waals surface area contributed by atoms with E-state index in [1.54, 1.807) is 7.11 Å². The van der Waals surface area contributed by atoms with Crippen molar-refractivity contribution in [2.45, 2.75) is 26.4 Å². The first-order chi connectivity index (χ1) is 13.6. The fourth-order valence-electron chi connectivity index (χ4n) is 3.56. The first-order valence-corrected chi connectivity index (χ1v) is 9.42. The van der Waals surface area contributed by atoms with E-state index in [4.69, 9.17) is 4.74 Å². The molecule has 0 fully saturated rings. The fraction of sp³-hybridized carbons (Fsp3) is 0.273. The highest BCUT2D eigenvalue weighted by Crippen LogP contribution is 2.26. The summed E-state index contributed by atoms with van der Waals surface area (Å²) in [7, 11) is 1.65. The van der Waals surface area contributed by atoms with E-state index in [1.807, 2.05) is 59.3 Å². The summed E-state index contributed by atoms with van der Waals surface area (Å²) in [5.74, 6) is 1.73. The smallest absolute Gasteiger partial charge is 0.240 e. The lowest BCUT2D eigenvalue weighted by Crippen LogP contribution is -2.34. The molecule has 2 aromatic carbocycles. The third kappa shape index (κ3) is 3.33. The number of benzene rings is 2. The number of para-hydroxylation sites is 2. The molecule has 144 valence electrons. The number of rotatable bonds is 6. The molecule has 4 rings (SSSR count). The van der Waals surface area contributed by atoms with Crippen molar-refractivity contribution in [3.8, 4) is 5.75 Å². The van der Waals surface area contributed by atoms with Crippen LogP contribution >= 0.6 is 0 Å². The number of methoxy groups -OCH3 is 1. The van der Waals surface area contributed by atoms with E-state index in [9.17, 15) is 4.79 Å². The predicted molar refractivity (Wildman–Crippen MR) is 110 cm³/mol. The highest BCUT2D eigenvalue weighted by molar-refractivity contribution is 5.88. The molecule has 2 heterocycles. The Morgan fingerprint density at radius 1 is 1.18 bits per heavy atom. The van der Waals surface area contributed by atoms with Gasteiger partial charge in [0.1, 0.15) is 18.1 Å². The SMILES string of the molecule is COc1cccc2c1ccn2CC(=O)NC(c1nc2ccccc2[nH]1)C(C)C. The van der Waals surface area contributed by atoms with Crippen molar-refractivity contribution in [3.63, 3.8) is 0 Å². The van der Waals surface area contributed by atoms with E-state index in [0.29, 0.717) is 0 Å². The molecule has 4 aromatic rings.